The van der Waals surface area contributed by atoms with Crippen LogP contribution in [0.2, 0.25) is 0 Å². The molecule has 0 spiro atoms. The maximum atomic E-state index is 11.1. The minimum Gasteiger partial charge on any atom is -0.868 e. The molecule has 1 aromatic rings. The maximum Gasteiger partial charge on any atom is 0.262 e. The molecule has 0 radical (unpaired) electrons. The number of hydrogen-bond donors (Lipinski definition) is 2. The summed E-state index contributed by atoms with van der Waals surface area (Å²) in [6.07, 6.45) is 1.33. The fourth-order valence-corrected chi connectivity index (χ4v) is 1.03. The summed E-state index contributed by atoms with van der Waals surface area (Å²) in [4.78, 5) is 9.79. The van der Waals surface area contributed by atoms with Crippen LogP contribution >= 0.6 is 12.2 Å². The molecule has 0 unspecified atom stereocenters. The van der Waals surface area contributed by atoms with Gasteiger partial charge in [0.25, 0.3) is 5.69 Å². The fourth-order valence-electron chi connectivity index (χ4n) is 0.979. The Bertz CT molecular complexity index is 475. The van der Waals surface area contributed by atoms with E-state index in [0.717, 1.165) is 12.1 Å². The van der Waals surface area contributed by atoms with E-state index >= 15 is 0 Å². The van der Waals surface area contributed by atoms with Crippen molar-refractivity contribution in [2.45, 2.75) is 0 Å². The Hall–Kier alpha value is -2.22. The van der Waals surface area contributed by atoms with Crippen LogP contribution in [0.5, 0.6) is 5.75 Å². The van der Waals surface area contributed by atoms with Crippen molar-refractivity contribution >= 4 is 29.2 Å². The Morgan fingerprint density at radius 1 is 1.59 bits per heavy atom. The highest BCUT2D eigenvalue weighted by Gasteiger charge is 2.06. The van der Waals surface area contributed by atoms with E-state index < -0.39 is 16.4 Å². The van der Waals surface area contributed by atoms with Gasteiger partial charge in [-0.1, -0.05) is 12.1 Å². The second-order valence-corrected chi connectivity index (χ2v) is 3.34. The zero-order valence-electron chi connectivity index (χ0n) is 8.84. The van der Waals surface area contributed by atoms with E-state index in [9.17, 15) is 15.2 Å². The molecule has 90 valence electrons. The number of nitrogens with zero attached hydrogens (tertiary/aromatic N) is 2. The number of nitro groups is 1. The first kappa shape index (κ1) is 12.8. The smallest absolute Gasteiger partial charge is 0.262 e. The van der Waals surface area contributed by atoms with Crippen molar-refractivity contribution in [3.05, 3.63) is 33.9 Å². The number of thiocarbonyl (C=S) groups is 1. The normalized spacial score (nSPS) is 10.2. The number of hydrogen-bond acceptors (Lipinski definition) is 5. The monoisotopic (exact) mass is 253 g/mol. The summed E-state index contributed by atoms with van der Waals surface area (Å²) in [5.41, 5.74) is 2.44. The molecule has 0 atom stereocenters. The summed E-state index contributed by atoms with van der Waals surface area (Å²) in [5, 5.41) is 28.3. The third-order valence-electron chi connectivity index (χ3n) is 1.79. The minimum absolute atomic E-state index is 0.316. The number of hydrazone groups is 1. The van der Waals surface area contributed by atoms with Crippen LogP contribution in [0.25, 0.3) is 0 Å². The largest absolute Gasteiger partial charge is 0.868 e. The summed E-state index contributed by atoms with van der Waals surface area (Å²) < 4.78 is 0. The van der Waals surface area contributed by atoms with Crippen LogP contribution in [0.15, 0.2) is 23.3 Å². The van der Waals surface area contributed by atoms with Gasteiger partial charge < -0.3 is 10.4 Å². The maximum absolute atomic E-state index is 11.1. The zero-order valence-corrected chi connectivity index (χ0v) is 9.65. The predicted octanol–water partition coefficient (Wildman–Crippen LogP) is 0.0962. The van der Waals surface area contributed by atoms with Gasteiger partial charge in [0.15, 0.2) is 5.11 Å². The van der Waals surface area contributed by atoms with Crippen molar-refractivity contribution < 1.29 is 10.0 Å². The van der Waals surface area contributed by atoms with E-state index in [2.05, 4.69) is 15.8 Å². The van der Waals surface area contributed by atoms with Crippen molar-refractivity contribution in [2.75, 3.05) is 7.05 Å². The van der Waals surface area contributed by atoms with Gasteiger partial charge in [-0.25, -0.2) is 0 Å². The molecule has 0 amide bonds. The molecule has 0 saturated heterocycles. The first-order chi connectivity index (χ1) is 8.04. The van der Waals surface area contributed by atoms with E-state index in [1.807, 2.05) is 0 Å². The van der Waals surface area contributed by atoms with Crippen LogP contribution in [-0.2, 0) is 0 Å². The molecular weight excluding hydrogens is 244 g/mol. The van der Waals surface area contributed by atoms with Gasteiger partial charge in [0.05, 0.1) is 11.1 Å². The average Bonchev–Trinajstić information content (AvgIpc) is 2.30. The highest BCUT2D eigenvalue weighted by molar-refractivity contribution is 7.80. The number of benzene rings is 1. The second-order valence-electron chi connectivity index (χ2n) is 2.93. The van der Waals surface area contributed by atoms with Gasteiger partial charge in [-0.15, -0.1) is 0 Å². The Kier molecular flexibility index (Phi) is 4.35. The Labute approximate surface area is 102 Å². The van der Waals surface area contributed by atoms with Crippen LogP contribution in [-0.4, -0.2) is 23.3 Å². The lowest BCUT2D eigenvalue weighted by molar-refractivity contribution is -0.398. The molecule has 8 heteroatoms. The number of rotatable bonds is 3. The van der Waals surface area contributed by atoms with Crippen LogP contribution < -0.4 is 15.8 Å². The summed E-state index contributed by atoms with van der Waals surface area (Å²) in [6.45, 7) is 0. The van der Waals surface area contributed by atoms with E-state index in [-0.39, 0.29) is 0 Å². The molecule has 7 nitrogen and oxygen atoms in total. The van der Waals surface area contributed by atoms with Gasteiger partial charge in [-0.05, 0) is 18.0 Å². The van der Waals surface area contributed by atoms with Crippen molar-refractivity contribution in [3.63, 3.8) is 0 Å². The van der Waals surface area contributed by atoms with Crippen LogP contribution in [0.3, 0.4) is 0 Å². The number of nitrogens with one attached hydrogen (secondary N) is 2. The lowest BCUT2D eigenvalue weighted by atomic mass is 10.2. The molecular formula is C9H9N4O3S-. The Balaban J connectivity index is 2.82. The quantitative estimate of drug-likeness (QED) is 0.342. The van der Waals surface area contributed by atoms with Gasteiger partial charge in [-0.3, -0.25) is 15.5 Å². The van der Waals surface area contributed by atoms with Gasteiger partial charge in [0.2, 0.25) is 0 Å². The molecule has 17 heavy (non-hydrogen) atoms. The van der Waals surface area contributed by atoms with Crippen molar-refractivity contribution in [1.29, 1.82) is 0 Å². The summed E-state index contributed by atoms with van der Waals surface area (Å²) in [6, 6.07) is 3.70. The Morgan fingerprint density at radius 2 is 2.29 bits per heavy atom. The van der Waals surface area contributed by atoms with Gasteiger partial charge in [0.1, 0.15) is 0 Å². The lowest BCUT2D eigenvalue weighted by Crippen LogP contribution is -2.28. The summed E-state index contributed by atoms with van der Waals surface area (Å²) >= 11 is 4.76. The van der Waals surface area contributed by atoms with Gasteiger partial charge in [0, 0.05) is 18.7 Å². The molecule has 0 aromatic heterocycles. The molecule has 0 aliphatic heterocycles. The highest BCUT2D eigenvalue weighted by Crippen LogP contribution is 2.22. The van der Waals surface area contributed by atoms with Crippen LogP contribution in [0, 0.1) is 10.1 Å². The summed E-state index contributed by atoms with van der Waals surface area (Å²) in [7, 11) is 1.63. The minimum atomic E-state index is -0.731. The lowest BCUT2D eigenvalue weighted by Gasteiger charge is -2.06. The molecule has 0 fully saturated rings. The van der Waals surface area contributed by atoms with Crippen molar-refractivity contribution in [1.82, 2.24) is 10.7 Å². The first-order valence-corrected chi connectivity index (χ1v) is 4.91. The molecule has 0 aliphatic carbocycles. The molecule has 0 saturated carbocycles. The SMILES string of the molecule is CNC(=S)NN=Cc1ccc([O-])c([N+](=O)[O-])c1. The third kappa shape index (κ3) is 3.68. The van der Waals surface area contributed by atoms with E-state index in [4.69, 9.17) is 12.2 Å². The second kappa shape index (κ2) is 5.75. The number of nitro benzene ring substituents is 1. The zero-order chi connectivity index (χ0) is 12.8. The van der Waals surface area contributed by atoms with Crippen LogP contribution in [0.1, 0.15) is 5.56 Å². The summed E-state index contributed by atoms with van der Waals surface area (Å²) in [5.74, 6) is -0.633. The van der Waals surface area contributed by atoms with Crippen LogP contribution in [0.4, 0.5) is 5.69 Å². The van der Waals surface area contributed by atoms with Gasteiger partial charge in [-0.2, -0.15) is 5.10 Å². The Morgan fingerprint density at radius 3 is 2.88 bits per heavy atom. The molecule has 2 N–H and O–H groups in total. The molecule has 1 aromatic carbocycles. The van der Waals surface area contributed by atoms with E-state index in [0.29, 0.717) is 10.7 Å². The average molecular weight is 253 g/mol. The highest BCUT2D eigenvalue weighted by atomic mass is 32.1. The molecule has 0 heterocycles. The van der Waals surface area contributed by atoms with Crippen molar-refractivity contribution in [2.24, 2.45) is 5.10 Å². The van der Waals surface area contributed by atoms with E-state index in [1.165, 1.54) is 12.3 Å². The standard InChI is InChI=1S/C9H10N4O3S/c1-10-9(17)12-11-5-6-2-3-8(14)7(4-6)13(15)16/h2-5,14H,1H3,(H2,10,12,17)/p-1. The predicted molar refractivity (Wildman–Crippen MR) is 64.9 cm³/mol. The topological polar surface area (TPSA) is 103 Å². The third-order valence-corrected chi connectivity index (χ3v) is 2.08. The first-order valence-electron chi connectivity index (χ1n) is 4.51. The molecule has 0 aliphatic rings. The van der Waals surface area contributed by atoms with E-state index in [1.54, 1.807) is 7.05 Å². The fraction of sp³-hybridized carbons (Fsp3) is 0.111. The molecule has 0 bridgehead atoms. The van der Waals surface area contributed by atoms with Gasteiger partial charge >= 0.3 is 0 Å². The van der Waals surface area contributed by atoms with Crippen molar-refractivity contribution in [3.8, 4) is 5.75 Å². The molecule has 1 rings (SSSR count).